The molecule has 0 aliphatic heterocycles. The minimum Gasteiger partial charge on any atom is -0.385 e. The number of hydrogen-bond acceptors (Lipinski definition) is 4. The Morgan fingerprint density at radius 2 is 1.23 bits per heavy atom. The predicted molar refractivity (Wildman–Crippen MR) is 123 cm³/mol. The zero-order chi connectivity index (χ0) is 21.5. The monoisotopic (exact) mass is 406 g/mol. The standard InChI is InChI=1S/C27H22N2O2/c30-26(22-8-6-21(7-9-22)20-4-2-1-3-5-20)16-19-29-25-12-10-23(11-13-25)27(31)24-14-17-28-18-15-24/h1-15,17-18,29H,16,19H2. The Morgan fingerprint density at radius 3 is 1.90 bits per heavy atom. The molecule has 0 aliphatic carbocycles. The molecule has 0 spiro atoms. The summed E-state index contributed by atoms with van der Waals surface area (Å²) in [5.74, 6) is 0.0553. The fourth-order valence-electron chi connectivity index (χ4n) is 3.35. The molecular formula is C27H22N2O2. The molecular weight excluding hydrogens is 384 g/mol. The van der Waals surface area contributed by atoms with E-state index < -0.39 is 0 Å². The van der Waals surface area contributed by atoms with E-state index >= 15 is 0 Å². The van der Waals surface area contributed by atoms with E-state index in [9.17, 15) is 9.59 Å². The van der Waals surface area contributed by atoms with Crippen molar-refractivity contribution in [1.29, 1.82) is 0 Å². The van der Waals surface area contributed by atoms with Crippen molar-refractivity contribution in [1.82, 2.24) is 4.98 Å². The van der Waals surface area contributed by atoms with Crippen LogP contribution in [0.25, 0.3) is 11.1 Å². The van der Waals surface area contributed by atoms with Gasteiger partial charge in [0.1, 0.15) is 0 Å². The van der Waals surface area contributed by atoms with Gasteiger partial charge in [-0.25, -0.2) is 0 Å². The second-order valence-corrected chi connectivity index (χ2v) is 7.19. The zero-order valence-electron chi connectivity index (χ0n) is 17.0. The third-order valence-corrected chi connectivity index (χ3v) is 5.08. The molecule has 0 saturated carbocycles. The number of anilines is 1. The largest absolute Gasteiger partial charge is 0.385 e. The molecule has 0 amide bonds. The number of nitrogens with one attached hydrogen (secondary N) is 1. The minimum absolute atomic E-state index is 0.0388. The number of carbonyl (C=O) groups is 2. The SMILES string of the molecule is O=C(CCNc1ccc(C(=O)c2ccncc2)cc1)c1ccc(-c2ccccc2)cc1. The van der Waals surface area contributed by atoms with Gasteiger partial charge >= 0.3 is 0 Å². The summed E-state index contributed by atoms with van der Waals surface area (Å²) in [6, 6.07) is 28.5. The normalized spacial score (nSPS) is 10.5. The van der Waals surface area contributed by atoms with E-state index in [2.05, 4.69) is 22.4 Å². The maximum Gasteiger partial charge on any atom is 0.193 e. The summed E-state index contributed by atoms with van der Waals surface area (Å²) < 4.78 is 0. The van der Waals surface area contributed by atoms with E-state index in [0.29, 0.717) is 29.7 Å². The van der Waals surface area contributed by atoms with Crippen LogP contribution in [-0.2, 0) is 0 Å². The molecule has 4 rings (SSSR count). The topological polar surface area (TPSA) is 59.1 Å². The summed E-state index contributed by atoms with van der Waals surface area (Å²) in [5, 5.41) is 3.25. The van der Waals surface area contributed by atoms with Crippen LogP contribution in [0, 0.1) is 0 Å². The van der Waals surface area contributed by atoms with Gasteiger partial charge in [-0.1, -0.05) is 54.6 Å². The summed E-state index contributed by atoms with van der Waals surface area (Å²) in [6.45, 7) is 0.525. The number of ketones is 2. The molecule has 152 valence electrons. The number of benzene rings is 3. The summed E-state index contributed by atoms with van der Waals surface area (Å²) >= 11 is 0. The first kappa shape index (κ1) is 20.2. The molecule has 3 aromatic carbocycles. The minimum atomic E-state index is -0.0388. The van der Waals surface area contributed by atoms with Crippen molar-refractivity contribution in [3.05, 3.63) is 120 Å². The van der Waals surface area contributed by atoms with Crippen LogP contribution < -0.4 is 5.32 Å². The zero-order valence-corrected chi connectivity index (χ0v) is 17.0. The van der Waals surface area contributed by atoms with Gasteiger partial charge in [-0.15, -0.1) is 0 Å². The number of hydrogen-bond donors (Lipinski definition) is 1. The molecule has 0 atom stereocenters. The highest BCUT2D eigenvalue weighted by Crippen LogP contribution is 2.20. The fraction of sp³-hybridized carbons (Fsp3) is 0.0741. The molecule has 4 aromatic rings. The molecule has 4 heteroatoms. The Hall–Kier alpha value is -4.05. The van der Waals surface area contributed by atoms with E-state index in [4.69, 9.17) is 0 Å². The van der Waals surface area contributed by atoms with Gasteiger partial charge in [0.15, 0.2) is 11.6 Å². The third kappa shape index (κ3) is 5.11. The van der Waals surface area contributed by atoms with Crippen molar-refractivity contribution in [2.45, 2.75) is 6.42 Å². The van der Waals surface area contributed by atoms with E-state index in [1.54, 1.807) is 36.7 Å². The highest BCUT2D eigenvalue weighted by molar-refractivity contribution is 6.09. The fourth-order valence-corrected chi connectivity index (χ4v) is 3.35. The first-order valence-corrected chi connectivity index (χ1v) is 10.2. The molecule has 0 aliphatic rings. The molecule has 1 aromatic heterocycles. The maximum absolute atomic E-state index is 12.5. The molecule has 1 N–H and O–H groups in total. The van der Waals surface area contributed by atoms with Gasteiger partial charge in [0, 0.05) is 47.7 Å². The van der Waals surface area contributed by atoms with Gasteiger partial charge < -0.3 is 5.32 Å². The van der Waals surface area contributed by atoms with E-state index in [1.165, 1.54) is 0 Å². The summed E-state index contributed by atoms with van der Waals surface area (Å²) in [5.41, 5.74) is 5.04. The number of nitrogens with zero attached hydrogens (tertiary/aromatic N) is 1. The number of carbonyl (C=O) groups excluding carboxylic acids is 2. The predicted octanol–water partition coefficient (Wildman–Crippen LogP) is 5.66. The van der Waals surface area contributed by atoms with Crippen LogP contribution in [0.3, 0.4) is 0 Å². The van der Waals surface area contributed by atoms with E-state index in [-0.39, 0.29) is 11.6 Å². The molecule has 4 nitrogen and oxygen atoms in total. The third-order valence-electron chi connectivity index (χ3n) is 5.08. The molecule has 0 unspecified atom stereocenters. The van der Waals surface area contributed by atoms with Gasteiger partial charge in [0.2, 0.25) is 0 Å². The summed E-state index contributed by atoms with van der Waals surface area (Å²) in [4.78, 5) is 28.9. The number of pyridine rings is 1. The Bertz CT molecular complexity index is 1150. The Kier molecular flexibility index (Phi) is 6.29. The Labute approximate surface area is 181 Å². The average Bonchev–Trinajstić information content (AvgIpc) is 2.85. The van der Waals surface area contributed by atoms with Crippen LogP contribution in [0.1, 0.15) is 32.7 Å². The molecule has 0 bridgehead atoms. The maximum atomic E-state index is 12.5. The van der Waals surface area contributed by atoms with Gasteiger partial charge in [-0.05, 0) is 47.5 Å². The molecule has 31 heavy (non-hydrogen) atoms. The quantitative estimate of drug-likeness (QED) is 0.383. The number of aromatic nitrogens is 1. The van der Waals surface area contributed by atoms with Crippen LogP contribution in [-0.4, -0.2) is 23.1 Å². The van der Waals surface area contributed by atoms with Gasteiger partial charge in [-0.3, -0.25) is 14.6 Å². The van der Waals surface area contributed by atoms with Crippen molar-refractivity contribution in [2.75, 3.05) is 11.9 Å². The van der Waals surface area contributed by atoms with Gasteiger partial charge in [0.05, 0.1) is 0 Å². The van der Waals surface area contributed by atoms with Crippen LogP contribution in [0.2, 0.25) is 0 Å². The van der Waals surface area contributed by atoms with E-state index in [1.807, 2.05) is 54.6 Å². The van der Waals surface area contributed by atoms with Crippen LogP contribution in [0.4, 0.5) is 5.69 Å². The van der Waals surface area contributed by atoms with Crippen molar-refractivity contribution >= 4 is 17.3 Å². The van der Waals surface area contributed by atoms with Crippen molar-refractivity contribution < 1.29 is 9.59 Å². The van der Waals surface area contributed by atoms with Gasteiger partial charge in [0.25, 0.3) is 0 Å². The number of Topliss-reactive ketones (excluding diaryl/α,β-unsaturated/α-hetero) is 1. The van der Waals surface area contributed by atoms with Crippen LogP contribution in [0.5, 0.6) is 0 Å². The van der Waals surface area contributed by atoms with Gasteiger partial charge in [-0.2, -0.15) is 0 Å². The lowest BCUT2D eigenvalue weighted by Crippen LogP contribution is -2.09. The molecule has 0 radical (unpaired) electrons. The Morgan fingerprint density at radius 1 is 0.645 bits per heavy atom. The lowest BCUT2D eigenvalue weighted by atomic mass is 10.0. The first-order chi connectivity index (χ1) is 15.2. The highest BCUT2D eigenvalue weighted by Gasteiger charge is 2.09. The first-order valence-electron chi connectivity index (χ1n) is 10.2. The average molecular weight is 406 g/mol. The van der Waals surface area contributed by atoms with Crippen LogP contribution in [0.15, 0.2) is 103 Å². The van der Waals surface area contributed by atoms with Crippen molar-refractivity contribution in [3.8, 4) is 11.1 Å². The van der Waals surface area contributed by atoms with Crippen molar-refractivity contribution in [3.63, 3.8) is 0 Å². The lowest BCUT2D eigenvalue weighted by molar-refractivity contribution is 0.0985. The highest BCUT2D eigenvalue weighted by atomic mass is 16.1. The van der Waals surface area contributed by atoms with Crippen molar-refractivity contribution in [2.24, 2.45) is 0 Å². The number of rotatable bonds is 8. The second kappa shape index (κ2) is 9.63. The molecule has 0 fully saturated rings. The molecule has 0 saturated heterocycles. The van der Waals surface area contributed by atoms with Crippen LogP contribution >= 0.6 is 0 Å². The Balaban J connectivity index is 1.30. The smallest absolute Gasteiger partial charge is 0.193 e. The lowest BCUT2D eigenvalue weighted by Gasteiger charge is -2.08. The summed E-state index contributed by atoms with van der Waals surface area (Å²) in [6.07, 6.45) is 3.60. The second-order valence-electron chi connectivity index (χ2n) is 7.19. The molecule has 1 heterocycles. The van der Waals surface area contributed by atoms with E-state index in [0.717, 1.165) is 16.8 Å². The summed E-state index contributed by atoms with van der Waals surface area (Å²) in [7, 11) is 0.